The molecule has 6 nitrogen and oxygen atoms in total. The third kappa shape index (κ3) is 8.51. The summed E-state index contributed by atoms with van der Waals surface area (Å²) in [5.74, 6) is -1.49. The van der Waals surface area contributed by atoms with Crippen LogP contribution >= 0.6 is 0 Å². The van der Waals surface area contributed by atoms with E-state index in [1.165, 1.54) is 21.2 Å². The number of nitrogens with two attached hydrogens (primary N) is 1. The van der Waals surface area contributed by atoms with Crippen molar-refractivity contribution in [3.63, 3.8) is 0 Å². The average molecular weight is 313 g/mol. The Balaban J connectivity index is 4.77. The lowest BCUT2D eigenvalue weighted by molar-refractivity contribution is -0.164. The zero-order valence-corrected chi connectivity index (χ0v) is 12.4. The maximum Gasteiger partial charge on any atom is 0.406 e. The van der Waals surface area contributed by atoms with E-state index in [4.69, 9.17) is 10.5 Å². The fourth-order valence-electron chi connectivity index (χ4n) is 1.54. The molecule has 1 atom stereocenters. The molecule has 0 saturated heterocycles. The largest absolute Gasteiger partial charge is 0.406 e. The van der Waals surface area contributed by atoms with Crippen molar-refractivity contribution in [3.8, 4) is 0 Å². The number of hydrogen-bond donors (Lipinski definition) is 1. The number of amides is 2. The lowest BCUT2D eigenvalue weighted by Gasteiger charge is -2.27. The van der Waals surface area contributed by atoms with Crippen LogP contribution in [0.1, 0.15) is 12.8 Å². The van der Waals surface area contributed by atoms with Crippen LogP contribution in [-0.2, 0) is 14.3 Å². The molecule has 0 radical (unpaired) electrons. The number of carbonyl (C=O) groups is 2. The number of methoxy groups -OCH3 is 1. The smallest absolute Gasteiger partial charge is 0.385 e. The van der Waals surface area contributed by atoms with Crippen LogP contribution in [0.4, 0.5) is 13.2 Å². The molecule has 2 amide bonds. The first-order valence-electron chi connectivity index (χ1n) is 6.38. The summed E-state index contributed by atoms with van der Waals surface area (Å²) in [7, 11) is 4.27. The van der Waals surface area contributed by atoms with Gasteiger partial charge in [-0.3, -0.25) is 9.59 Å². The Bertz CT molecular complexity index is 348. The molecule has 0 spiro atoms. The van der Waals surface area contributed by atoms with E-state index >= 15 is 0 Å². The van der Waals surface area contributed by atoms with Gasteiger partial charge in [0.15, 0.2) is 0 Å². The van der Waals surface area contributed by atoms with Crippen LogP contribution in [-0.4, -0.2) is 74.7 Å². The maximum absolute atomic E-state index is 12.5. The van der Waals surface area contributed by atoms with Crippen molar-refractivity contribution in [2.75, 3.05) is 40.9 Å². The minimum absolute atomic E-state index is 0.192. The van der Waals surface area contributed by atoms with Crippen LogP contribution in [0.5, 0.6) is 0 Å². The number of hydrogen-bond acceptors (Lipinski definition) is 4. The van der Waals surface area contributed by atoms with Crippen LogP contribution in [0.15, 0.2) is 0 Å². The molecule has 0 aromatic carbocycles. The Hall–Kier alpha value is -1.35. The molecule has 0 aromatic rings. The Morgan fingerprint density at radius 2 is 1.86 bits per heavy atom. The predicted molar refractivity (Wildman–Crippen MR) is 70.4 cm³/mol. The highest BCUT2D eigenvalue weighted by atomic mass is 19.4. The number of nitrogens with zero attached hydrogens (tertiary/aromatic N) is 2. The fourth-order valence-corrected chi connectivity index (χ4v) is 1.54. The van der Waals surface area contributed by atoms with Gasteiger partial charge in [0, 0.05) is 27.8 Å². The Morgan fingerprint density at radius 3 is 2.29 bits per heavy atom. The van der Waals surface area contributed by atoms with Gasteiger partial charge in [0.05, 0.1) is 6.04 Å². The van der Waals surface area contributed by atoms with Gasteiger partial charge in [-0.1, -0.05) is 0 Å². The number of likely N-dealkylation sites (N-methyl/N-ethyl adjacent to an activating group) is 1. The van der Waals surface area contributed by atoms with Crippen molar-refractivity contribution in [2.45, 2.75) is 25.1 Å². The molecule has 0 fully saturated rings. The molecule has 2 N–H and O–H groups in total. The van der Waals surface area contributed by atoms with Crippen molar-refractivity contribution >= 4 is 11.8 Å². The summed E-state index contributed by atoms with van der Waals surface area (Å²) in [5, 5.41) is 0. The molecule has 0 heterocycles. The number of rotatable bonds is 8. The summed E-state index contributed by atoms with van der Waals surface area (Å²) < 4.78 is 42.3. The highest BCUT2D eigenvalue weighted by Gasteiger charge is 2.35. The molecule has 0 aliphatic rings. The zero-order valence-electron chi connectivity index (χ0n) is 12.4. The molecular formula is C12H22F3N3O3. The maximum atomic E-state index is 12.5. The Labute approximate surface area is 122 Å². The quantitative estimate of drug-likeness (QED) is 0.651. The Kier molecular flexibility index (Phi) is 8.26. The fraction of sp³-hybridized carbons (Fsp3) is 0.833. The van der Waals surface area contributed by atoms with E-state index in [9.17, 15) is 22.8 Å². The van der Waals surface area contributed by atoms with E-state index in [1.54, 1.807) is 0 Å². The van der Waals surface area contributed by atoms with E-state index in [2.05, 4.69) is 0 Å². The third-order valence-corrected chi connectivity index (χ3v) is 2.69. The summed E-state index contributed by atoms with van der Waals surface area (Å²) in [6, 6.07) is -1.09. The highest BCUT2D eigenvalue weighted by molar-refractivity contribution is 5.87. The van der Waals surface area contributed by atoms with Crippen molar-refractivity contribution in [2.24, 2.45) is 5.73 Å². The molecule has 124 valence electrons. The molecular weight excluding hydrogens is 291 g/mol. The van der Waals surface area contributed by atoms with E-state index in [0.29, 0.717) is 17.9 Å². The molecule has 0 bridgehead atoms. The van der Waals surface area contributed by atoms with Crippen molar-refractivity contribution in [1.82, 2.24) is 9.80 Å². The van der Waals surface area contributed by atoms with E-state index in [0.717, 1.165) is 4.90 Å². The van der Waals surface area contributed by atoms with Crippen molar-refractivity contribution in [3.05, 3.63) is 0 Å². The van der Waals surface area contributed by atoms with Crippen LogP contribution in [0.2, 0.25) is 0 Å². The zero-order chi connectivity index (χ0) is 16.6. The molecule has 0 rings (SSSR count). The first-order chi connectivity index (χ1) is 9.58. The van der Waals surface area contributed by atoms with E-state index in [1.807, 2.05) is 0 Å². The van der Waals surface area contributed by atoms with Crippen LogP contribution < -0.4 is 5.73 Å². The van der Waals surface area contributed by atoms with Gasteiger partial charge in [0.1, 0.15) is 13.1 Å². The van der Waals surface area contributed by atoms with Crippen molar-refractivity contribution in [1.29, 1.82) is 0 Å². The lowest BCUT2D eigenvalue weighted by atomic mass is 10.1. The van der Waals surface area contributed by atoms with Crippen LogP contribution in [0.25, 0.3) is 0 Å². The third-order valence-electron chi connectivity index (χ3n) is 2.69. The summed E-state index contributed by atoms with van der Waals surface area (Å²) in [6.45, 7) is -1.79. The molecule has 21 heavy (non-hydrogen) atoms. The summed E-state index contributed by atoms with van der Waals surface area (Å²) >= 11 is 0. The molecule has 0 saturated carbocycles. The molecule has 9 heteroatoms. The van der Waals surface area contributed by atoms with Gasteiger partial charge in [-0.2, -0.15) is 13.2 Å². The average Bonchev–Trinajstić information content (AvgIpc) is 2.35. The highest BCUT2D eigenvalue weighted by Crippen LogP contribution is 2.17. The van der Waals surface area contributed by atoms with Gasteiger partial charge in [-0.15, -0.1) is 0 Å². The van der Waals surface area contributed by atoms with Gasteiger partial charge >= 0.3 is 6.18 Å². The number of alkyl halides is 3. The molecule has 0 aliphatic heterocycles. The second-order valence-electron chi connectivity index (χ2n) is 4.84. The lowest BCUT2D eigenvalue weighted by Crippen LogP contribution is -2.50. The van der Waals surface area contributed by atoms with E-state index in [-0.39, 0.29) is 6.42 Å². The molecule has 1 unspecified atom stereocenters. The number of halogens is 3. The van der Waals surface area contributed by atoms with Gasteiger partial charge in [0.2, 0.25) is 11.8 Å². The summed E-state index contributed by atoms with van der Waals surface area (Å²) in [6.07, 6.45) is -3.95. The molecule has 0 aliphatic carbocycles. The van der Waals surface area contributed by atoms with Crippen LogP contribution in [0, 0.1) is 0 Å². The SMILES string of the molecule is COCCCC(N)C(=O)N(CC(=O)N(C)C)CC(F)(F)F. The van der Waals surface area contributed by atoms with Crippen LogP contribution in [0.3, 0.4) is 0 Å². The summed E-state index contributed by atoms with van der Waals surface area (Å²) in [4.78, 5) is 25.1. The topological polar surface area (TPSA) is 75.9 Å². The van der Waals surface area contributed by atoms with Gasteiger partial charge in [-0.25, -0.2) is 0 Å². The van der Waals surface area contributed by atoms with Crippen molar-refractivity contribution < 1.29 is 27.5 Å². The normalized spacial score (nSPS) is 12.9. The predicted octanol–water partition coefficient (Wildman–Crippen LogP) is 0.219. The first kappa shape index (κ1) is 19.7. The second-order valence-corrected chi connectivity index (χ2v) is 4.84. The minimum atomic E-state index is -4.59. The minimum Gasteiger partial charge on any atom is -0.385 e. The number of carbonyl (C=O) groups excluding carboxylic acids is 2. The van der Waals surface area contributed by atoms with Gasteiger partial charge in [0.25, 0.3) is 0 Å². The van der Waals surface area contributed by atoms with Gasteiger partial charge in [-0.05, 0) is 12.8 Å². The first-order valence-corrected chi connectivity index (χ1v) is 6.38. The standard InChI is InChI=1S/C12H22F3N3O3/c1-17(2)10(19)7-18(8-12(13,14)15)11(20)9(16)5-4-6-21-3/h9H,4-8,16H2,1-3H3. The Morgan fingerprint density at radius 1 is 1.29 bits per heavy atom. The molecule has 0 aromatic heterocycles. The van der Waals surface area contributed by atoms with Gasteiger partial charge < -0.3 is 20.3 Å². The van der Waals surface area contributed by atoms with E-state index < -0.39 is 37.1 Å². The number of ether oxygens (including phenoxy) is 1. The summed E-state index contributed by atoms with van der Waals surface area (Å²) in [5.41, 5.74) is 5.59. The second kappa shape index (κ2) is 8.83. The monoisotopic (exact) mass is 313 g/mol.